The monoisotopic (exact) mass is 362 g/mol. The van der Waals surface area contributed by atoms with Crippen molar-refractivity contribution < 1.29 is 4.74 Å². The fraction of sp³-hybridized carbons (Fsp3) is 0.250. The summed E-state index contributed by atoms with van der Waals surface area (Å²) in [5, 5.41) is 14.4. The number of aromatic nitrogens is 3. The maximum Gasteiger partial charge on any atom is 0.209 e. The zero-order valence-electron chi connectivity index (χ0n) is 14.2. The first-order valence-corrected chi connectivity index (χ1v) is 9.60. The first-order valence-electron chi connectivity index (χ1n) is 8.61. The topological polar surface area (TPSA) is 63.7 Å². The van der Waals surface area contributed by atoms with Crippen molar-refractivity contribution in [1.29, 1.82) is 5.26 Å². The van der Waals surface area contributed by atoms with Gasteiger partial charge in [-0.2, -0.15) is 5.26 Å². The molecule has 0 amide bonds. The number of benzene rings is 2. The van der Waals surface area contributed by atoms with Crippen LogP contribution < -0.4 is 4.74 Å². The largest absolute Gasteiger partial charge is 0.493 e. The van der Waals surface area contributed by atoms with Gasteiger partial charge in [-0.3, -0.25) is 0 Å². The molecule has 0 aliphatic heterocycles. The maximum atomic E-state index is 8.93. The van der Waals surface area contributed by atoms with E-state index in [0.717, 1.165) is 22.4 Å². The quantitative estimate of drug-likeness (QED) is 0.466. The number of thioether (sulfide) groups is 1. The first kappa shape index (κ1) is 16.7. The van der Waals surface area contributed by atoms with Gasteiger partial charge in [-0.25, -0.2) is 9.67 Å². The van der Waals surface area contributed by atoms with Crippen LogP contribution in [0.25, 0.3) is 5.69 Å². The lowest BCUT2D eigenvalue weighted by molar-refractivity contribution is 0.344. The van der Waals surface area contributed by atoms with Gasteiger partial charge in [0.25, 0.3) is 0 Å². The maximum absolute atomic E-state index is 8.93. The predicted molar refractivity (Wildman–Crippen MR) is 101 cm³/mol. The highest BCUT2D eigenvalue weighted by atomic mass is 32.2. The van der Waals surface area contributed by atoms with E-state index < -0.39 is 0 Å². The third-order valence-electron chi connectivity index (χ3n) is 4.10. The van der Waals surface area contributed by atoms with Crippen LogP contribution in [0.2, 0.25) is 0 Å². The highest BCUT2D eigenvalue weighted by Gasteiger charge is 2.30. The molecule has 26 heavy (non-hydrogen) atoms. The van der Waals surface area contributed by atoms with E-state index in [4.69, 9.17) is 15.0 Å². The van der Waals surface area contributed by atoms with Crippen LogP contribution in [0.4, 0.5) is 0 Å². The molecule has 0 radical (unpaired) electrons. The molecular formula is C20H18N4OS. The van der Waals surface area contributed by atoms with Crippen molar-refractivity contribution in [2.24, 2.45) is 0 Å². The molecule has 0 spiro atoms. The van der Waals surface area contributed by atoms with E-state index in [1.807, 2.05) is 35.0 Å². The Bertz CT molecular complexity index is 928. The van der Waals surface area contributed by atoms with Crippen LogP contribution in [0.5, 0.6) is 5.75 Å². The van der Waals surface area contributed by atoms with Crippen molar-refractivity contribution in [3.63, 3.8) is 0 Å². The summed E-state index contributed by atoms with van der Waals surface area (Å²) in [6.07, 6.45) is 2.38. The van der Waals surface area contributed by atoms with Crippen molar-refractivity contribution in [2.75, 3.05) is 12.4 Å². The van der Waals surface area contributed by atoms with Gasteiger partial charge in [-0.15, -0.1) is 5.10 Å². The molecule has 4 rings (SSSR count). The Hall–Kier alpha value is -2.78. The minimum Gasteiger partial charge on any atom is -0.493 e. The van der Waals surface area contributed by atoms with E-state index in [9.17, 15) is 0 Å². The lowest BCUT2D eigenvalue weighted by atomic mass is 10.2. The lowest BCUT2D eigenvalue weighted by Crippen LogP contribution is -2.01. The van der Waals surface area contributed by atoms with Crippen molar-refractivity contribution in [2.45, 2.75) is 23.9 Å². The highest BCUT2D eigenvalue weighted by Crippen LogP contribution is 2.40. The summed E-state index contributed by atoms with van der Waals surface area (Å²) in [7, 11) is 0. The fourth-order valence-electron chi connectivity index (χ4n) is 2.68. The molecule has 0 atom stereocenters. The summed E-state index contributed by atoms with van der Waals surface area (Å²) in [6.45, 7) is 0.540. The number of ether oxygens (including phenoxy) is 1. The van der Waals surface area contributed by atoms with E-state index in [1.165, 1.54) is 12.8 Å². The Balaban J connectivity index is 1.39. The minimum atomic E-state index is 0.530. The summed E-state index contributed by atoms with van der Waals surface area (Å²) in [5.41, 5.74) is 1.66. The first-order chi connectivity index (χ1) is 12.8. The Morgan fingerprint density at radius 2 is 2.00 bits per heavy atom. The molecule has 0 unspecified atom stereocenters. The summed E-state index contributed by atoms with van der Waals surface area (Å²) in [6, 6.07) is 19.5. The molecule has 1 saturated carbocycles. The van der Waals surface area contributed by atoms with E-state index in [1.54, 1.807) is 23.9 Å². The van der Waals surface area contributed by atoms with Crippen LogP contribution in [-0.2, 0) is 0 Å². The van der Waals surface area contributed by atoms with Gasteiger partial charge >= 0.3 is 0 Å². The van der Waals surface area contributed by atoms with Gasteiger partial charge in [0.15, 0.2) is 0 Å². The van der Waals surface area contributed by atoms with Gasteiger partial charge in [-0.1, -0.05) is 36.0 Å². The minimum absolute atomic E-state index is 0.530. The molecule has 3 aromatic rings. The second-order valence-corrected chi connectivity index (χ2v) is 7.17. The predicted octanol–water partition coefficient (Wildman–Crippen LogP) is 4.19. The standard InChI is InChI=1S/C20H18N4OS/c21-14-15-5-4-8-18(13-15)25-11-12-26-20-22-19(16-9-10-16)24(23-20)17-6-2-1-3-7-17/h1-8,13,16H,9-12H2. The van der Waals surface area contributed by atoms with Crippen LogP contribution in [0.15, 0.2) is 59.8 Å². The molecule has 0 saturated heterocycles. The normalized spacial score (nSPS) is 13.3. The number of nitriles is 1. The number of para-hydroxylation sites is 1. The second-order valence-electron chi connectivity index (χ2n) is 6.11. The van der Waals surface area contributed by atoms with Gasteiger partial charge in [-0.05, 0) is 43.2 Å². The van der Waals surface area contributed by atoms with Crippen LogP contribution in [0.3, 0.4) is 0 Å². The average molecular weight is 362 g/mol. The van der Waals surface area contributed by atoms with Gasteiger partial charge in [0.2, 0.25) is 5.16 Å². The Labute approximate surface area is 156 Å². The summed E-state index contributed by atoms with van der Waals surface area (Å²) in [4.78, 5) is 4.74. The Morgan fingerprint density at radius 3 is 2.77 bits per heavy atom. The highest BCUT2D eigenvalue weighted by molar-refractivity contribution is 7.99. The summed E-state index contributed by atoms with van der Waals surface area (Å²) >= 11 is 1.59. The second kappa shape index (κ2) is 7.63. The van der Waals surface area contributed by atoms with E-state index >= 15 is 0 Å². The smallest absolute Gasteiger partial charge is 0.209 e. The van der Waals surface area contributed by atoms with Gasteiger partial charge < -0.3 is 4.74 Å². The van der Waals surface area contributed by atoms with Crippen molar-refractivity contribution in [1.82, 2.24) is 14.8 Å². The number of nitrogens with zero attached hydrogens (tertiary/aromatic N) is 4. The zero-order chi connectivity index (χ0) is 17.8. The van der Waals surface area contributed by atoms with Crippen LogP contribution in [0.1, 0.15) is 30.1 Å². The van der Waals surface area contributed by atoms with Gasteiger partial charge in [0.05, 0.1) is 23.9 Å². The molecule has 130 valence electrons. The van der Waals surface area contributed by atoms with Crippen molar-refractivity contribution >= 4 is 11.8 Å². The zero-order valence-corrected chi connectivity index (χ0v) is 15.0. The Morgan fingerprint density at radius 1 is 1.15 bits per heavy atom. The third-order valence-corrected chi connectivity index (χ3v) is 4.90. The van der Waals surface area contributed by atoms with E-state index in [0.29, 0.717) is 23.8 Å². The van der Waals surface area contributed by atoms with Crippen LogP contribution >= 0.6 is 11.8 Å². The number of hydrogen-bond donors (Lipinski definition) is 0. The van der Waals surface area contributed by atoms with Crippen molar-refractivity contribution in [3.8, 4) is 17.5 Å². The van der Waals surface area contributed by atoms with Gasteiger partial charge in [0, 0.05) is 11.7 Å². The molecule has 6 heteroatoms. The molecule has 1 heterocycles. The van der Waals surface area contributed by atoms with E-state index in [2.05, 4.69) is 23.3 Å². The molecule has 0 N–H and O–H groups in total. The molecule has 5 nitrogen and oxygen atoms in total. The molecule has 0 bridgehead atoms. The van der Waals surface area contributed by atoms with Crippen LogP contribution in [0, 0.1) is 11.3 Å². The van der Waals surface area contributed by atoms with Crippen LogP contribution in [-0.4, -0.2) is 27.1 Å². The molecule has 1 fully saturated rings. The molecule has 1 aliphatic rings. The lowest BCUT2D eigenvalue weighted by Gasteiger charge is -2.05. The third kappa shape index (κ3) is 3.89. The number of rotatable bonds is 7. The molecule has 2 aromatic carbocycles. The van der Waals surface area contributed by atoms with E-state index in [-0.39, 0.29) is 0 Å². The Kier molecular flexibility index (Phi) is 4.89. The summed E-state index contributed by atoms with van der Waals surface area (Å²) < 4.78 is 7.69. The molecule has 1 aromatic heterocycles. The van der Waals surface area contributed by atoms with Gasteiger partial charge in [0.1, 0.15) is 11.6 Å². The number of hydrogen-bond acceptors (Lipinski definition) is 5. The summed E-state index contributed by atoms with van der Waals surface area (Å²) in [5.74, 6) is 3.05. The molecule has 1 aliphatic carbocycles. The average Bonchev–Trinajstić information content (AvgIpc) is 3.46. The SMILES string of the molecule is N#Cc1cccc(OCCSc2nc(C3CC3)n(-c3ccccc3)n2)c1. The molecular weight excluding hydrogens is 344 g/mol. The van der Waals surface area contributed by atoms with Crippen molar-refractivity contribution in [3.05, 3.63) is 66.0 Å². The fourth-order valence-corrected chi connectivity index (χ4v) is 3.33.